The fraction of sp³-hybridized carbons (Fsp3) is 0.556. The Labute approximate surface area is 121 Å². The molecule has 1 saturated heterocycles. The van der Waals surface area contributed by atoms with E-state index in [2.05, 4.69) is 55.0 Å². The van der Waals surface area contributed by atoms with Gasteiger partial charge < -0.3 is 4.98 Å². The first-order chi connectivity index (χ1) is 9.72. The number of nitrogens with one attached hydrogen (secondary N) is 1. The van der Waals surface area contributed by atoms with Crippen molar-refractivity contribution in [3.8, 4) is 0 Å². The molecule has 2 heteroatoms. The van der Waals surface area contributed by atoms with Crippen molar-refractivity contribution < 1.29 is 0 Å². The standard InChI is InChI=1S/C18H24N2/c1-4-12-13-9-10-20(3)18(12)16-14-7-5-6-8-15(14)19-17(16)11(13)2/h5-8,11-13,18-19H,4,9-10H2,1-3H3/t11?,12-,13+,18+/m0/s1. The maximum Gasteiger partial charge on any atom is 0.0459 e. The number of aromatic nitrogens is 1. The lowest BCUT2D eigenvalue weighted by molar-refractivity contribution is 0.0402. The number of piperidine rings is 1. The van der Waals surface area contributed by atoms with Gasteiger partial charge in [0, 0.05) is 22.6 Å². The van der Waals surface area contributed by atoms with Gasteiger partial charge in [-0.3, -0.25) is 4.90 Å². The molecule has 1 aromatic heterocycles. The van der Waals surface area contributed by atoms with Gasteiger partial charge in [-0.05, 0) is 49.4 Å². The van der Waals surface area contributed by atoms with Crippen LogP contribution in [0.2, 0.25) is 0 Å². The van der Waals surface area contributed by atoms with E-state index in [1.165, 1.54) is 36.0 Å². The summed E-state index contributed by atoms with van der Waals surface area (Å²) in [6.45, 7) is 6.05. The smallest absolute Gasteiger partial charge is 0.0459 e. The minimum absolute atomic E-state index is 0.612. The highest BCUT2D eigenvalue weighted by atomic mass is 15.2. The molecule has 0 spiro atoms. The van der Waals surface area contributed by atoms with E-state index in [9.17, 15) is 0 Å². The molecule has 0 amide bonds. The second-order valence-corrected chi connectivity index (χ2v) is 6.74. The Morgan fingerprint density at radius 1 is 1.30 bits per heavy atom. The van der Waals surface area contributed by atoms with E-state index in [4.69, 9.17) is 0 Å². The van der Waals surface area contributed by atoms with E-state index >= 15 is 0 Å². The number of aromatic amines is 1. The van der Waals surface area contributed by atoms with Gasteiger partial charge in [-0.2, -0.15) is 0 Å². The van der Waals surface area contributed by atoms with Crippen LogP contribution < -0.4 is 0 Å². The molecule has 4 atom stereocenters. The molecule has 4 rings (SSSR count). The minimum Gasteiger partial charge on any atom is -0.358 e. The maximum atomic E-state index is 3.73. The number of likely N-dealkylation sites (tertiary alicyclic amines) is 1. The molecule has 1 aliphatic heterocycles. The summed E-state index contributed by atoms with van der Waals surface area (Å²) in [6.07, 6.45) is 2.64. The summed E-state index contributed by atoms with van der Waals surface area (Å²) in [5, 5.41) is 1.45. The first kappa shape index (κ1) is 12.5. The molecule has 20 heavy (non-hydrogen) atoms. The first-order valence-electron chi connectivity index (χ1n) is 8.03. The van der Waals surface area contributed by atoms with Crippen molar-refractivity contribution >= 4 is 10.9 Å². The zero-order valence-corrected chi connectivity index (χ0v) is 12.7. The van der Waals surface area contributed by atoms with Gasteiger partial charge in [0.05, 0.1) is 0 Å². The van der Waals surface area contributed by atoms with E-state index in [0.717, 1.165) is 11.8 Å². The number of hydrogen-bond donors (Lipinski definition) is 1. The van der Waals surface area contributed by atoms with Crippen LogP contribution in [0.3, 0.4) is 0 Å². The van der Waals surface area contributed by atoms with Gasteiger partial charge in [-0.15, -0.1) is 0 Å². The summed E-state index contributed by atoms with van der Waals surface area (Å²) in [5.74, 6) is 2.34. The summed E-state index contributed by atoms with van der Waals surface area (Å²) in [5.41, 5.74) is 4.43. The van der Waals surface area contributed by atoms with Crippen LogP contribution in [0, 0.1) is 11.8 Å². The highest BCUT2D eigenvalue weighted by molar-refractivity contribution is 5.85. The lowest BCUT2D eigenvalue weighted by Crippen LogP contribution is -2.46. The molecule has 1 aliphatic carbocycles. The van der Waals surface area contributed by atoms with Crippen molar-refractivity contribution in [1.29, 1.82) is 0 Å². The van der Waals surface area contributed by atoms with E-state index in [-0.39, 0.29) is 0 Å². The molecule has 1 fully saturated rings. The Bertz CT molecular complexity index is 642. The number of rotatable bonds is 1. The van der Waals surface area contributed by atoms with E-state index < -0.39 is 0 Å². The number of para-hydroxylation sites is 1. The molecule has 0 saturated carbocycles. The molecule has 106 valence electrons. The van der Waals surface area contributed by atoms with Crippen LogP contribution in [0.15, 0.2) is 24.3 Å². The minimum atomic E-state index is 0.612. The molecule has 1 unspecified atom stereocenters. The molecule has 2 nitrogen and oxygen atoms in total. The zero-order chi connectivity index (χ0) is 13.9. The van der Waals surface area contributed by atoms with Crippen LogP contribution in [0.5, 0.6) is 0 Å². The van der Waals surface area contributed by atoms with Gasteiger partial charge in [-0.25, -0.2) is 0 Å². The van der Waals surface area contributed by atoms with Gasteiger partial charge in [0.2, 0.25) is 0 Å². The van der Waals surface area contributed by atoms with Crippen molar-refractivity contribution in [1.82, 2.24) is 9.88 Å². The van der Waals surface area contributed by atoms with Crippen molar-refractivity contribution in [2.45, 2.75) is 38.6 Å². The van der Waals surface area contributed by atoms with Gasteiger partial charge in [0.15, 0.2) is 0 Å². The monoisotopic (exact) mass is 268 g/mol. The zero-order valence-electron chi connectivity index (χ0n) is 12.7. The van der Waals surface area contributed by atoms with Gasteiger partial charge in [-0.1, -0.05) is 38.5 Å². The Morgan fingerprint density at radius 2 is 2.10 bits per heavy atom. The van der Waals surface area contributed by atoms with Crippen molar-refractivity contribution in [2.24, 2.45) is 11.8 Å². The SMILES string of the molecule is CC[C@H]1[C@@H]2CCN(C)[C@H]1c1c([nH]c3ccccc13)C2C. The fourth-order valence-corrected chi connectivity index (χ4v) is 4.92. The first-order valence-corrected chi connectivity index (χ1v) is 8.03. The summed E-state index contributed by atoms with van der Waals surface area (Å²) >= 11 is 0. The van der Waals surface area contributed by atoms with E-state index in [1.54, 1.807) is 5.56 Å². The number of hydrogen-bond acceptors (Lipinski definition) is 1. The third-order valence-electron chi connectivity index (χ3n) is 5.89. The Kier molecular flexibility index (Phi) is 2.71. The van der Waals surface area contributed by atoms with Crippen molar-refractivity contribution in [3.63, 3.8) is 0 Å². The van der Waals surface area contributed by atoms with Gasteiger partial charge in [0.25, 0.3) is 0 Å². The second-order valence-electron chi connectivity index (χ2n) is 6.74. The predicted molar refractivity (Wildman–Crippen MR) is 84.0 cm³/mol. The average Bonchev–Trinajstić information content (AvgIpc) is 2.85. The van der Waals surface area contributed by atoms with Crippen LogP contribution in [-0.4, -0.2) is 23.5 Å². The molecule has 1 N–H and O–H groups in total. The third-order valence-corrected chi connectivity index (χ3v) is 5.89. The van der Waals surface area contributed by atoms with Crippen LogP contribution in [-0.2, 0) is 0 Å². The molecule has 2 aliphatic rings. The van der Waals surface area contributed by atoms with Crippen molar-refractivity contribution in [3.05, 3.63) is 35.5 Å². The summed E-state index contributed by atoms with van der Waals surface area (Å²) in [4.78, 5) is 6.33. The van der Waals surface area contributed by atoms with Crippen molar-refractivity contribution in [2.75, 3.05) is 13.6 Å². The molecule has 2 aromatic rings. The second kappa shape index (κ2) is 4.36. The summed E-state index contributed by atoms with van der Waals surface area (Å²) in [6, 6.07) is 9.46. The third kappa shape index (κ3) is 1.49. The molecule has 0 radical (unpaired) electrons. The van der Waals surface area contributed by atoms with Crippen LogP contribution in [0.1, 0.15) is 49.9 Å². The molecular weight excluding hydrogens is 244 g/mol. The lowest BCUT2D eigenvalue weighted by atomic mass is 9.64. The Morgan fingerprint density at radius 3 is 2.90 bits per heavy atom. The van der Waals surface area contributed by atoms with E-state index in [0.29, 0.717) is 12.0 Å². The number of nitrogens with zero attached hydrogens (tertiary/aromatic N) is 1. The van der Waals surface area contributed by atoms with E-state index in [1.807, 2.05) is 0 Å². The molecule has 1 aromatic carbocycles. The normalized spacial score (nSPS) is 33.4. The highest BCUT2D eigenvalue weighted by Gasteiger charge is 2.46. The van der Waals surface area contributed by atoms with Gasteiger partial charge >= 0.3 is 0 Å². The topological polar surface area (TPSA) is 19.0 Å². The average molecular weight is 268 g/mol. The van der Waals surface area contributed by atoms with Crippen LogP contribution >= 0.6 is 0 Å². The molecule has 2 bridgehead atoms. The number of benzene rings is 1. The highest BCUT2D eigenvalue weighted by Crippen LogP contribution is 2.54. The van der Waals surface area contributed by atoms with Gasteiger partial charge in [0.1, 0.15) is 0 Å². The number of H-pyrrole nitrogens is 1. The number of fused-ring (bicyclic) bond motifs is 6. The molecule has 2 heterocycles. The lowest BCUT2D eigenvalue weighted by Gasteiger charge is -2.50. The molecular formula is C18H24N2. The largest absolute Gasteiger partial charge is 0.358 e. The van der Waals surface area contributed by atoms with Crippen LogP contribution in [0.4, 0.5) is 0 Å². The fourth-order valence-electron chi connectivity index (χ4n) is 4.92. The summed E-state index contributed by atoms with van der Waals surface area (Å²) < 4.78 is 0. The Balaban J connectivity index is 2.00. The predicted octanol–water partition coefficient (Wildman–Crippen LogP) is 4.30. The maximum absolute atomic E-state index is 3.73. The van der Waals surface area contributed by atoms with Crippen LogP contribution in [0.25, 0.3) is 10.9 Å². The quantitative estimate of drug-likeness (QED) is 0.817. The summed E-state index contributed by atoms with van der Waals surface area (Å²) in [7, 11) is 2.31. The Hall–Kier alpha value is -1.28.